The second-order valence-electron chi connectivity index (χ2n) is 4.27. The predicted octanol–water partition coefficient (Wildman–Crippen LogP) is 2.79. The summed E-state index contributed by atoms with van der Waals surface area (Å²) < 4.78 is 4.87. The van der Waals surface area contributed by atoms with E-state index in [2.05, 4.69) is 5.32 Å². The zero-order valence-electron chi connectivity index (χ0n) is 11.0. The van der Waals surface area contributed by atoms with Crippen molar-refractivity contribution in [3.05, 3.63) is 36.4 Å². The molecule has 0 atom stereocenters. The lowest BCUT2D eigenvalue weighted by molar-refractivity contribution is -0.142. The minimum atomic E-state index is -0.200. The highest BCUT2D eigenvalue weighted by Gasteiger charge is 2.04. The molecule has 0 aromatic heterocycles. The predicted molar refractivity (Wildman–Crippen MR) is 78.1 cm³/mol. The molecular formula is C15H18N2O2. The molecule has 100 valence electrons. The van der Waals surface area contributed by atoms with Crippen LogP contribution in [0, 0.1) is 0 Å². The van der Waals surface area contributed by atoms with Crippen LogP contribution in [0.15, 0.2) is 36.4 Å². The number of esters is 1. The normalized spacial score (nSPS) is 10.4. The van der Waals surface area contributed by atoms with E-state index < -0.39 is 0 Å². The maximum atomic E-state index is 11.2. The van der Waals surface area contributed by atoms with Crippen LogP contribution in [0.2, 0.25) is 0 Å². The van der Waals surface area contributed by atoms with Gasteiger partial charge in [-0.15, -0.1) is 0 Å². The summed E-state index contributed by atoms with van der Waals surface area (Å²) in [5, 5.41) is 5.40. The van der Waals surface area contributed by atoms with Crippen molar-refractivity contribution >= 4 is 28.1 Å². The standard InChI is InChI=1S/C15H18N2O2/c1-2-19-15(18)7-8-17-14-10-12-6-4-3-5-11(12)9-13(14)16/h3-6,9-10,17H,2,7-8,16H2,1H3. The maximum absolute atomic E-state index is 11.2. The van der Waals surface area contributed by atoms with Crippen molar-refractivity contribution < 1.29 is 9.53 Å². The Labute approximate surface area is 112 Å². The highest BCUT2D eigenvalue weighted by molar-refractivity contribution is 5.91. The molecule has 2 aromatic carbocycles. The van der Waals surface area contributed by atoms with Gasteiger partial charge in [0, 0.05) is 6.54 Å². The monoisotopic (exact) mass is 258 g/mol. The van der Waals surface area contributed by atoms with Crippen molar-refractivity contribution in [3.8, 4) is 0 Å². The van der Waals surface area contributed by atoms with Crippen LogP contribution in [-0.4, -0.2) is 19.1 Å². The third-order valence-electron chi connectivity index (χ3n) is 2.87. The second kappa shape index (κ2) is 6.09. The summed E-state index contributed by atoms with van der Waals surface area (Å²) in [6.07, 6.45) is 0.333. The van der Waals surface area contributed by atoms with Gasteiger partial charge in [-0.2, -0.15) is 0 Å². The number of ether oxygens (including phenoxy) is 1. The largest absolute Gasteiger partial charge is 0.466 e. The van der Waals surface area contributed by atoms with Crippen LogP contribution in [-0.2, 0) is 9.53 Å². The van der Waals surface area contributed by atoms with E-state index in [0.29, 0.717) is 25.3 Å². The third-order valence-corrected chi connectivity index (χ3v) is 2.87. The molecule has 0 aliphatic heterocycles. The van der Waals surface area contributed by atoms with Crippen molar-refractivity contribution in [1.82, 2.24) is 0 Å². The fourth-order valence-electron chi connectivity index (χ4n) is 1.94. The molecule has 0 aliphatic rings. The lowest BCUT2D eigenvalue weighted by Gasteiger charge is -2.10. The summed E-state index contributed by atoms with van der Waals surface area (Å²) >= 11 is 0. The molecule has 0 aliphatic carbocycles. The van der Waals surface area contributed by atoms with Crippen molar-refractivity contribution in [2.45, 2.75) is 13.3 Å². The molecule has 2 rings (SSSR count). The average molecular weight is 258 g/mol. The summed E-state index contributed by atoms with van der Waals surface area (Å²) in [5.74, 6) is -0.200. The van der Waals surface area contributed by atoms with E-state index in [1.165, 1.54) is 0 Å². The molecule has 0 heterocycles. The van der Waals surface area contributed by atoms with Gasteiger partial charge in [0.05, 0.1) is 24.4 Å². The van der Waals surface area contributed by atoms with Gasteiger partial charge in [0.1, 0.15) is 0 Å². The van der Waals surface area contributed by atoms with Gasteiger partial charge < -0.3 is 15.8 Å². The molecule has 2 aromatic rings. The zero-order chi connectivity index (χ0) is 13.7. The number of nitrogen functional groups attached to an aromatic ring is 1. The summed E-state index contributed by atoms with van der Waals surface area (Å²) in [6, 6.07) is 12.0. The molecule has 0 spiro atoms. The van der Waals surface area contributed by atoms with Crippen LogP contribution in [0.4, 0.5) is 11.4 Å². The van der Waals surface area contributed by atoms with Gasteiger partial charge >= 0.3 is 5.97 Å². The number of fused-ring (bicyclic) bond motifs is 1. The molecule has 0 saturated carbocycles. The molecule has 19 heavy (non-hydrogen) atoms. The van der Waals surface area contributed by atoms with Gasteiger partial charge in [-0.3, -0.25) is 4.79 Å². The van der Waals surface area contributed by atoms with Crippen LogP contribution in [0.25, 0.3) is 10.8 Å². The Kier molecular flexibility index (Phi) is 4.23. The minimum absolute atomic E-state index is 0.200. The van der Waals surface area contributed by atoms with E-state index in [1.807, 2.05) is 36.4 Å². The van der Waals surface area contributed by atoms with Crippen molar-refractivity contribution in [2.24, 2.45) is 0 Å². The van der Waals surface area contributed by atoms with Gasteiger partial charge in [0.25, 0.3) is 0 Å². The highest BCUT2D eigenvalue weighted by Crippen LogP contribution is 2.25. The molecule has 0 saturated heterocycles. The Morgan fingerprint density at radius 2 is 1.95 bits per heavy atom. The molecule has 0 radical (unpaired) electrons. The zero-order valence-corrected chi connectivity index (χ0v) is 11.0. The van der Waals surface area contributed by atoms with E-state index in [-0.39, 0.29) is 5.97 Å². The van der Waals surface area contributed by atoms with Crippen molar-refractivity contribution in [1.29, 1.82) is 0 Å². The summed E-state index contributed by atoms with van der Waals surface area (Å²) in [7, 11) is 0. The summed E-state index contributed by atoms with van der Waals surface area (Å²) in [4.78, 5) is 11.2. The second-order valence-corrected chi connectivity index (χ2v) is 4.27. The van der Waals surface area contributed by atoms with Crippen LogP contribution in [0.1, 0.15) is 13.3 Å². The molecule has 0 unspecified atom stereocenters. The number of carbonyl (C=O) groups excluding carboxylic acids is 1. The first-order valence-corrected chi connectivity index (χ1v) is 6.38. The first-order chi connectivity index (χ1) is 9.20. The number of carbonyl (C=O) groups is 1. The fraction of sp³-hybridized carbons (Fsp3) is 0.267. The summed E-state index contributed by atoms with van der Waals surface area (Å²) in [6.45, 7) is 2.73. The molecule has 0 amide bonds. The number of hydrogen-bond acceptors (Lipinski definition) is 4. The van der Waals surface area contributed by atoms with Crippen LogP contribution < -0.4 is 11.1 Å². The maximum Gasteiger partial charge on any atom is 0.307 e. The molecule has 4 heteroatoms. The SMILES string of the molecule is CCOC(=O)CCNc1cc2ccccc2cc1N. The van der Waals surface area contributed by atoms with Gasteiger partial charge in [-0.05, 0) is 29.8 Å². The van der Waals surface area contributed by atoms with Gasteiger partial charge in [0.2, 0.25) is 0 Å². The smallest absolute Gasteiger partial charge is 0.307 e. The number of anilines is 2. The first-order valence-electron chi connectivity index (χ1n) is 6.38. The van der Waals surface area contributed by atoms with Crippen molar-refractivity contribution in [2.75, 3.05) is 24.2 Å². The fourth-order valence-corrected chi connectivity index (χ4v) is 1.94. The van der Waals surface area contributed by atoms with Crippen LogP contribution in [0.3, 0.4) is 0 Å². The number of rotatable bonds is 5. The van der Waals surface area contributed by atoms with Crippen LogP contribution in [0.5, 0.6) is 0 Å². The Morgan fingerprint density at radius 1 is 1.26 bits per heavy atom. The Balaban J connectivity index is 2.04. The van der Waals surface area contributed by atoms with Crippen molar-refractivity contribution in [3.63, 3.8) is 0 Å². The van der Waals surface area contributed by atoms with E-state index >= 15 is 0 Å². The Bertz CT molecular complexity index is 581. The highest BCUT2D eigenvalue weighted by atomic mass is 16.5. The molecule has 4 nitrogen and oxygen atoms in total. The summed E-state index contributed by atoms with van der Waals surface area (Å²) in [5.41, 5.74) is 7.52. The average Bonchev–Trinajstić information content (AvgIpc) is 2.39. The third kappa shape index (κ3) is 3.37. The number of nitrogens with one attached hydrogen (secondary N) is 1. The Morgan fingerprint density at radius 3 is 2.63 bits per heavy atom. The molecular weight excluding hydrogens is 240 g/mol. The molecule has 3 N–H and O–H groups in total. The topological polar surface area (TPSA) is 64.3 Å². The lowest BCUT2D eigenvalue weighted by Crippen LogP contribution is -2.12. The van der Waals surface area contributed by atoms with Gasteiger partial charge in [-0.25, -0.2) is 0 Å². The molecule has 0 fully saturated rings. The molecule has 0 bridgehead atoms. The minimum Gasteiger partial charge on any atom is -0.466 e. The number of benzene rings is 2. The Hall–Kier alpha value is -2.23. The van der Waals surface area contributed by atoms with Gasteiger partial charge in [-0.1, -0.05) is 24.3 Å². The van der Waals surface area contributed by atoms with E-state index in [9.17, 15) is 4.79 Å². The van der Waals surface area contributed by atoms with Gasteiger partial charge in [0.15, 0.2) is 0 Å². The quantitative estimate of drug-likeness (QED) is 0.639. The first kappa shape index (κ1) is 13.2. The van der Waals surface area contributed by atoms with E-state index in [1.54, 1.807) is 6.92 Å². The number of hydrogen-bond donors (Lipinski definition) is 2. The lowest BCUT2D eigenvalue weighted by atomic mass is 10.1. The van der Waals surface area contributed by atoms with E-state index in [0.717, 1.165) is 16.5 Å². The number of nitrogens with two attached hydrogens (primary N) is 1. The van der Waals surface area contributed by atoms with E-state index in [4.69, 9.17) is 10.5 Å². The van der Waals surface area contributed by atoms with Crippen LogP contribution >= 0.6 is 0 Å².